The van der Waals surface area contributed by atoms with E-state index in [1.807, 2.05) is 0 Å². The van der Waals surface area contributed by atoms with Crippen molar-refractivity contribution >= 4 is 23.7 Å². The molecule has 4 atom stereocenters. The van der Waals surface area contributed by atoms with Crippen LogP contribution in [0.15, 0.2) is 42.9 Å². The molecule has 0 aliphatic heterocycles. The van der Waals surface area contributed by atoms with Gasteiger partial charge in [-0.1, -0.05) is 30.3 Å². The van der Waals surface area contributed by atoms with Gasteiger partial charge in [0.25, 0.3) is 0 Å². The second-order valence-corrected chi connectivity index (χ2v) is 7.46. The highest BCUT2D eigenvalue weighted by Crippen LogP contribution is 2.06. The fourth-order valence-corrected chi connectivity index (χ4v) is 2.98. The Labute approximate surface area is 194 Å². The number of hydrogen-bond donors (Lipinski definition) is 8. The Balaban J connectivity index is 2.17. The second-order valence-electron chi connectivity index (χ2n) is 7.46. The molecule has 0 saturated carbocycles. The van der Waals surface area contributed by atoms with E-state index in [9.17, 15) is 29.4 Å². The fraction of sp³-hybridized carbons (Fsp3) is 0.381. The van der Waals surface area contributed by atoms with Crippen molar-refractivity contribution in [1.29, 1.82) is 0 Å². The maximum absolute atomic E-state index is 13.0. The van der Waals surface area contributed by atoms with Gasteiger partial charge in [0.2, 0.25) is 17.7 Å². The molecule has 0 saturated heterocycles. The van der Waals surface area contributed by atoms with E-state index in [-0.39, 0.29) is 12.8 Å². The first kappa shape index (κ1) is 26.4. The van der Waals surface area contributed by atoms with Crippen molar-refractivity contribution in [2.45, 2.75) is 37.0 Å². The summed E-state index contributed by atoms with van der Waals surface area (Å²) >= 11 is 0. The third-order valence-corrected chi connectivity index (χ3v) is 4.86. The highest BCUT2D eigenvalue weighted by atomic mass is 16.4. The van der Waals surface area contributed by atoms with E-state index in [4.69, 9.17) is 10.8 Å². The predicted molar refractivity (Wildman–Crippen MR) is 118 cm³/mol. The zero-order valence-electron chi connectivity index (χ0n) is 18.2. The summed E-state index contributed by atoms with van der Waals surface area (Å²) in [6, 6.07) is 3.39. The van der Waals surface area contributed by atoms with E-state index in [2.05, 4.69) is 25.9 Å². The van der Waals surface area contributed by atoms with E-state index in [1.54, 1.807) is 30.3 Å². The Bertz CT molecular complexity index is 954. The first-order valence-electron chi connectivity index (χ1n) is 10.4. The lowest BCUT2D eigenvalue weighted by molar-refractivity contribution is -0.142. The van der Waals surface area contributed by atoms with E-state index in [1.165, 1.54) is 12.5 Å². The number of nitrogens with zero attached hydrogens (tertiary/aromatic N) is 1. The van der Waals surface area contributed by atoms with Crippen molar-refractivity contribution in [2.24, 2.45) is 5.73 Å². The third-order valence-electron chi connectivity index (χ3n) is 4.86. The summed E-state index contributed by atoms with van der Waals surface area (Å²) in [6.45, 7) is -1.47. The summed E-state index contributed by atoms with van der Waals surface area (Å²) in [5.74, 6) is -3.82. The molecule has 1 aromatic carbocycles. The van der Waals surface area contributed by atoms with Gasteiger partial charge in [-0.3, -0.25) is 14.4 Å². The lowest BCUT2D eigenvalue weighted by Crippen LogP contribution is -2.59. The largest absolute Gasteiger partial charge is 0.480 e. The lowest BCUT2D eigenvalue weighted by atomic mass is 10.0. The van der Waals surface area contributed by atoms with Crippen LogP contribution in [0.1, 0.15) is 11.3 Å². The third kappa shape index (κ3) is 7.95. The maximum Gasteiger partial charge on any atom is 0.326 e. The van der Waals surface area contributed by atoms with Gasteiger partial charge in [0.15, 0.2) is 0 Å². The first-order valence-corrected chi connectivity index (χ1v) is 10.4. The van der Waals surface area contributed by atoms with Gasteiger partial charge >= 0.3 is 5.97 Å². The van der Waals surface area contributed by atoms with Gasteiger partial charge in [0.1, 0.15) is 24.2 Å². The van der Waals surface area contributed by atoms with Gasteiger partial charge in [-0.25, -0.2) is 9.78 Å². The van der Waals surface area contributed by atoms with Crippen LogP contribution in [0.2, 0.25) is 0 Å². The predicted octanol–water partition coefficient (Wildman–Crippen LogP) is -2.95. The Morgan fingerprint density at radius 2 is 1.50 bits per heavy atom. The topological polar surface area (TPSA) is 220 Å². The highest BCUT2D eigenvalue weighted by molar-refractivity contribution is 5.94. The van der Waals surface area contributed by atoms with Gasteiger partial charge in [0, 0.05) is 24.7 Å². The number of aliphatic hydroxyl groups excluding tert-OH is 2. The Morgan fingerprint density at radius 3 is 2.06 bits per heavy atom. The number of carboxylic acid groups (broad SMARTS) is 1. The molecule has 0 aliphatic rings. The number of carbonyl (C=O) groups is 4. The van der Waals surface area contributed by atoms with Crippen LogP contribution < -0.4 is 21.7 Å². The SMILES string of the molecule is NC(CO)C(=O)NC(CO)C(=O)NC(Cc1ccccc1)C(=O)NC(Cc1cnc[nH]1)C(=O)O. The maximum atomic E-state index is 13.0. The molecule has 2 rings (SSSR count). The number of imidazole rings is 1. The molecule has 0 fully saturated rings. The number of benzene rings is 1. The van der Waals surface area contributed by atoms with Gasteiger partial charge in [0.05, 0.1) is 19.5 Å². The summed E-state index contributed by atoms with van der Waals surface area (Å²) in [7, 11) is 0. The number of aromatic nitrogens is 2. The van der Waals surface area contributed by atoms with E-state index >= 15 is 0 Å². The number of nitrogens with two attached hydrogens (primary N) is 1. The van der Waals surface area contributed by atoms with E-state index in [0.29, 0.717) is 11.3 Å². The molecule has 4 unspecified atom stereocenters. The quantitative estimate of drug-likeness (QED) is 0.148. The molecule has 34 heavy (non-hydrogen) atoms. The van der Waals surface area contributed by atoms with Crippen LogP contribution in [0.5, 0.6) is 0 Å². The monoisotopic (exact) mass is 476 g/mol. The summed E-state index contributed by atoms with van der Waals surface area (Å²) in [6.07, 6.45) is 2.75. The van der Waals surface area contributed by atoms with Crippen molar-refractivity contribution in [3.63, 3.8) is 0 Å². The second kappa shape index (κ2) is 13.0. The van der Waals surface area contributed by atoms with Crippen LogP contribution in [-0.4, -0.2) is 86.4 Å². The van der Waals surface area contributed by atoms with Gasteiger partial charge in [-0.05, 0) is 5.56 Å². The zero-order valence-corrected chi connectivity index (χ0v) is 18.2. The molecule has 13 nitrogen and oxygen atoms in total. The summed E-state index contributed by atoms with van der Waals surface area (Å²) in [5, 5.41) is 35.1. The minimum atomic E-state index is -1.45. The van der Waals surface area contributed by atoms with Crippen LogP contribution in [0.4, 0.5) is 0 Å². The van der Waals surface area contributed by atoms with Crippen molar-refractivity contribution in [3.05, 3.63) is 54.1 Å². The Kier molecular flexibility index (Phi) is 10.1. The van der Waals surface area contributed by atoms with Crippen LogP contribution in [0.3, 0.4) is 0 Å². The van der Waals surface area contributed by atoms with Crippen molar-refractivity contribution in [2.75, 3.05) is 13.2 Å². The number of aliphatic hydroxyl groups is 2. The Morgan fingerprint density at radius 1 is 0.882 bits per heavy atom. The lowest BCUT2D eigenvalue weighted by Gasteiger charge is -2.24. The molecular weight excluding hydrogens is 448 g/mol. The first-order chi connectivity index (χ1) is 16.2. The molecule has 3 amide bonds. The summed E-state index contributed by atoms with van der Waals surface area (Å²) in [5.41, 5.74) is 6.57. The van der Waals surface area contributed by atoms with Gasteiger partial charge in [-0.2, -0.15) is 0 Å². The molecule has 184 valence electrons. The molecule has 1 heterocycles. The average Bonchev–Trinajstić information content (AvgIpc) is 3.34. The number of carbonyl (C=O) groups excluding carboxylic acids is 3. The molecule has 0 aliphatic carbocycles. The number of aliphatic carboxylic acids is 1. The molecule has 0 bridgehead atoms. The zero-order chi connectivity index (χ0) is 25.1. The van der Waals surface area contributed by atoms with Crippen LogP contribution in [-0.2, 0) is 32.0 Å². The molecule has 9 N–H and O–H groups in total. The summed E-state index contributed by atoms with van der Waals surface area (Å²) < 4.78 is 0. The van der Waals surface area contributed by atoms with Crippen molar-refractivity contribution < 1.29 is 34.5 Å². The molecule has 2 aromatic rings. The minimum absolute atomic E-state index is 0.0110. The number of amides is 3. The number of aromatic amines is 1. The fourth-order valence-electron chi connectivity index (χ4n) is 2.98. The van der Waals surface area contributed by atoms with Crippen molar-refractivity contribution in [1.82, 2.24) is 25.9 Å². The van der Waals surface area contributed by atoms with Gasteiger partial charge in [-0.15, -0.1) is 0 Å². The standard InChI is InChI=1S/C21H28N6O7/c22-14(9-28)18(30)27-17(10-29)20(32)25-15(6-12-4-2-1-3-5-12)19(31)26-16(21(33)34)7-13-8-23-11-24-13/h1-5,8,11,14-17,28-29H,6-7,9-10,22H2,(H,23,24)(H,25,32)(H,26,31)(H,27,30)(H,33,34). The normalized spacial score (nSPS) is 14.3. The molecule has 13 heteroatoms. The number of carboxylic acids is 1. The Hall–Kier alpha value is -3.81. The molecular formula is C21H28N6O7. The van der Waals surface area contributed by atoms with Crippen LogP contribution in [0.25, 0.3) is 0 Å². The van der Waals surface area contributed by atoms with Gasteiger partial charge < -0.3 is 42.0 Å². The molecule has 1 aromatic heterocycles. The number of rotatable bonds is 13. The highest BCUT2D eigenvalue weighted by Gasteiger charge is 2.30. The smallest absolute Gasteiger partial charge is 0.326 e. The number of hydrogen-bond acceptors (Lipinski definition) is 8. The summed E-state index contributed by atoms with van der Waals surface area (Å²) in [4.78, 5) is 55.8. The molecule has 0 spiro atoms. The van der Waals surface area contributed by atoms with Crippen LogP contribution >= 0.6 is 0 Å². The average molecular weight is 476 g/mol. The number of nitrogens with one attached hydrogen (secondary N) is 4. The number of H-pyrrole nitrogens is 1. The van der Waals surface area contributed by atoms with Crippen molar-refractivity contribution in [3.8, 4) is 0 Å². The van der Waals surface area contributed by atoms with E-state index in [0.717, 1.165) is 0 Å². The van der Waals surface area contributed by atoms with E-state index < -0.39 is 61.1 Å². The molecule has 0 radical (unpaired) electrons. The van der Waals surface area contributed by atoms with Crippen LogP contribution in [0, 0.1) is 0 Å². The minimum Gasteiger partial charge on any atom is -0.480 e.